The molecule has 22 heavy (non-hydrogen) atoms. The number of hydrogen-bond acceptors (Lipinski definition) is 3. The fraction of sp³-hybridized carbons (Fsp3) is 0.389. The van der Waals surface area contributed by atoms with Crippen molar-refractivity contribution >= 4 is 5.97 Å². The Morgan fingerprint density at radius 3 is 2.59 bits per heavy atom. The van der Waals surface area contributed by atoms with Crippen LogP contribution >= 0.6 is 0 Å². The Kier molecular flexibility index (Phi) is 5.14. The highest BCUT2D eigenvalue weighted by Gasteiger charge is 2.41. The van der Waals surface area contributed by atoms with Gasteiger partial charge >= 0.3 is 5.97 Å². The smallest absolute Gasteiger partial charge is 0.312 e. The third-order valence-electron chi connectivity index (χ3n) is 4.04. The fourth-order valence-electron chi connectivity index (χ4n) is 2.65. The van der Waals surface area contributed by atoms with Gasteiger partial charge in [-0.3, -0.25) is 4.79 Å². The lowest BCUT2D eigenvalue weighted by Gasteiger charge is -2.34. The van der Waals surface area contributed by atoms with E-state index in [1.54, 1.807) is 26.0 Å². The Hall–Kier alpha value is -1.94. The Bertz CT molecular complexity index is 579. The van der Waals surface area contributed by atoms with E-state index in [1.807, 2.05) is 30.3 Å². The minimum atomic E-state index is -1.11. The number of carbonyl (C=O) groups is 1. The summed E-state index contributed by atoms with van der Waals surface area (Å²) in [4.78, 5) is 12.0. The maximum atomic E-state index is 14.6. The molecule has 1 aromatic rings. The minimum absolute atomic E-state index is 0.283. The summed E-state index contributed by atoms with van der Waals surface area (Å²) in [7, 11) is 1.46. The number of benzene rings is 1. The summed E-state index contributed by atoms with van der Waals surface area (Å²) in [5.74, 6) is -1.81. The van der Waals surface area contributed by atoms with Crippen molar-refractivity contribution in [1.29, 1.82) is 0 Å². The second kappa shape index (κ2) is 6.88. The van der Waals surface area contributed by atoms with Crippen LogP contribution in [0.15, 0.2) is 54.4 Å². The molecule has 118 valence electrons. The molecule has 0 radical (unpaired) electrons. The van der Waals surface area contributed by atoms with Crippen molar-refractivity contribution in [3.8, 4) is 0 Å². The first-order valence-electron chi connectivity index (χ1n) is 7.38. The molecular formula is C18H21FO3. The van der Waals surface area contributed by atoms with Crippen LogP contribution in [0.3, 0.4) is 0 Å². The van der Waals surface area contributed by atoms with Crippen LogP contribution in [0.2, 0.25) is 0 Å². The van der Waals surface area contributed by atoms with Gasteiger partial charge in [0, 0.05) is 7.11 Å². The van der Waals surface area contributed by atoms with E-state index >= 15 is 0 Å². The summed E-state index contributed by atoms with van der Waals surface area (Å²) in [5, 5.41) is 0. The predicted octanol–water partition coefficient (Wildman–Crippen LogP) is 3.78. The van der Waals surface area contributed by atoms with E-state index in [2.05, 4.69) is 0 Å². The summed E-state index contributed by atoms with van der Waals surface area (Å²) in [6, 6.07) is 9.37. The average molecular weight is 304 g/mol. The quantitative estimate of drug-likeness (QED) is 0.613. The molecule has 0 saturated heterocycles. The molecule has 1 aromatic carbocycles. The molecule has 0 N–H and O–H groups in total. The number of hydrogen-bond donors (Lipinski definition) is 0. The van der Waals surface area contributed by atoms with Gasteiger partial charge in [-0.15, -0.1) is 0 Å². The van der Waals surface area contributed by atoms with Gasteiger partial charge in [-0.05, 0) is 25.5 Å². The largest absolute Gasteiger partial charge is 0.466 e. The van der Waals surface area contributed by atoms with Crippen LogP contribution in [0.1, 0.15) is 25.3 Å². The number of ether oxygens (including phenoxy) is 2. The monoisotopic (exact) mass is 304 g/mol. The lowest BCUT2D eigenvalue weighted by Crippen LogP contribution is -2.41. The van der Waals surface area contributed by atoms with Crippen molar-refractivity contribution in [3.63, 3.8) is 0 Å². The Morgan fingerprint density at radius 1 is 1.36 bits per heavy atom. The number of halogens is 1. The fourth-order valence-corrected chi connectivity index (χ4v) is 2.65. The van der Waals surface area contributed by atoms with E-state index in [4.69, 9.17) is 9.47 Å². The zero-order chi connectivity index (χ0) is 16.2. The Morgan fingerprint density at radius 2 is 2.05 bits per heavy atom. The van der Waals surface area contributed by atoms with Gasteiger partial charge in [0.2, 0.25) is 0 Å². The molecule has 0 fully saturated rings. The van der Waals surface area contributed by atoms with E-state index in [-0.39, 0.29) is 12.4 Å². The summed E-state index contributed by atoms with van der Waals surface area (Å²) >= 11 is 0. The molecule has 0 aliphatic heterocycles. The van der Waals surface area contributed by atoms with Crippen LogP contribution in [0.5, 0.6) is 0 Å². The maximum Gasteiger partial charge on any atom is 0.312 e. The second-order valence-corrected chi connectivity index (χ2v) is 5.31. The van der Waals surface area contributed by atoms with Crippen molar-refractivity contribution in [3.05, 3.63) is 60.0 Å². The normalized spacial score (nSPS) is 25.5. The summed E-state index contributed by atoms with van der Waals surface area (Å²) in [6.07, 6.45) is 4.87. The molecule has 3 unspecified atom stereocenters. The third kappa shape index (κ3) is 3.12. The van der Waals surface area contributed by atoms with Gasteiger partial charge in [0.05, 0.1) is 18.4 Å². The highest BCUT2D eigenvalue weighted by molar-refractivity contribution is 5.75. The first kappa shape index (κ1) is 16.4. The standard InChI is InChI=1S/C18H21FO3/c1-4-22-17(20)13(2)18(21-3)11-10-15(16(19)12-18)14-8-6-5-7-9-14/h5-13,15H,4H2,1-3H3. The molecule has 0 aromatic heterocycles. The van der Waals surface area contributed by atoms with E-state index < -0.39 is 23.4 Å². The first-order valence-corrected chi connectivity index (χ1v) is 7.38. The van der Waals surface area contributed by atoms with Gasteiger partial charge in [-0.2, -0.15) is 0 Å². The van der Waals surface area contributed by atoms with Gasteiger partial charge < -0.3 is 9.47 Å². The van der Waals surface area contributed by atoms with Crippen molar-refractivity contribution in [2.45, 2.75) is 25.4 Å². The second-order valence-electron chi connectivity index (χ2n) is 5.31. The van der Waals surface area contributed by atoms with Gasteiger partial charge in [-0.1, -0.05) is 42.5 Å². The SMILES string of the molecule is CCOC(=O)C(C)C1(OC)C=CC(c2ccccc2)C(F)=C1. The minimum Gasteiger partial charge on any atom is -0.466 e. The number of rotatable bonds is 5. The average Bonchev–Trinajstić information content (AvgIpc) is 2.55. The summed E-state index contributed by atoms with van der Waals surface area (Å²) < 4.78 is 25.1. The topological polar surface area (TPSA) is 35.5 Å². The molecule has 2 rings (SSSR count). The van der Waals surface area contributed by atoms with Crippen LogP contribution in [-0.2, 0) is 14.3 Å². The lowest BCUT2D eigenvalue weighted by atomic mass is 9.80. The van der Waals surface area contributed by atoms with Crippen molar-refractivity contribution in [2.75, 3.05) is 13.7 Å². The van der Waals surface area contributed by atoms with E-state index in [0.717, 1.165) is 5.56 Å². The molecule has 0 spiro atoms. The molecule has 1 aliphatic carbocycles. The highest BCUT2D eigenvalue weighted by Crippen LogP contribution is 2.38. The summed E-state index contributed by atoms with van der Waals surface area (Å²) in [5.41, 5.74) is -0.247. The van der Waals surface area contributed by atoms with Crippen LogP contribution in [0, 0.1) is 5.92 Å². The molecule has 0 amide bonds. The molecule has 0 saturated carbocycles. The zero-order valence-corrected chi connectivity index (χ0v) is 13.1. The first-order chi connectivity index (χ1) is 10.5. The highest BCUT2D eigenvalue weighted by atomic mass is 19.1. The molecule has 3 nitrogen and oxygen atoms in total. The molecule has 4 heteroatoms. The molecule has 0 bridgehead atoms. The van der Waals surface area contributed by atoms with Crippen LogP contribution < -0.4 is 0 Å². The Balaban J connectivity index is 2.29. The number of allylic oxidation sites excluding steroid dienone is 2. The number of methoxy groups -OCH3 is 1. The predicted molar refractivity (Wildman–Crippen MR) is 83.1 cm³/mol. The van der Waals surface area contributed by atoms with Crippen LogP contribution in [0.4, 0.5) is 4.39 Å². The summed E-state index contributed by atoms with van der Waals surface area (Å²) in [6.45, 7) is 3.70. The van der Waals surface area contributed by atoms with Crippen molar-refractivity contribution in [1.82, 2.24) is 0 Å². The maximum absolute atomic E-state index is 14.6. The van der Waals surface area contributed by atoms with E-state index in [0.29, 0.717) is 0 Å². The van der Waals surface area contributed by atoms with Crippen molar-refractivity contribution in [2.24, 2.45) is 5.92 Å². The number of esters is 1. The van der Waals surface area contributed by atoms with Crippen molar-refractivity contribution < 1.29 is 18.7 Å². The molecule has 0 heterocycles. The van der Waals surface area contributed by atoms with Crippen LogP contribution in [0.25, 0.3) is 0 Å². The van der Waals surface area contributed by atoms with Crippen LogP contribution in [-0.4, -0.2) is 25.3 Å². The number of carbonyl (C=O) groups excluding carboxylic acids is 1. The van der Waals surface area contributed by atoms with Gasteiger partial charge in [0.15, 0.2) is 0 Å². The van der Waals surface area contributed by atoms with Gasteiger partial charge in [0.1, 0.15) is 11.4 Å². The van der Waals surface area contributed by atoms with Gasteiger partial charge in [0.25, 0.3) is 0 Å². The third-order valence-corrected chi connectivity index (χ3v) is 4.04. The van der Waals surface area contributed by atoms with Gasteiger partial charge in [-0.25, -0.2) is 4.39 Å². The lowest BCUT2D eigenvalue weighted by molar-refractivity contribution is -0.153. The van der Waals surface area contributed by atoms with E-state index in [1.165, 1.54) is 13.2 Å². The molecule has 1 aliphatic rings. The Labute approximate surface area is 130 Å². The van der Waals surface area contributed by atoms with E-state index in [9.17, 15) is 9.18 Å². The molecular weight excluding hydrogens is 283 g/mol. The zero-order valence-electron chi connectivity index (χ0n) is 13.1. The molecule has 3 atom stereocenters.